The molecule has 8 aromatic rings. The van der Waals surface area contributed by atoms with Crippen LogP contribution in [0.1, 0.15) is 0 Å². The first-order valence-electron chi connectivity index (χ1n) is 12.2. The number of hydrogen-bond acceptors (Lipinski definition) is 5. The molecule has 1 aliphatic heterocycles. The fourth-order valence-electron chi connectivity index (χ4n) is 5.56. The Morgan fingerprint density at radius 3 is 2.19 bits per heavy atom. The van der Waals surface area contributed by atoms with Crippen molar-refractivity contribution < 1.29 is 4.74 Å². The highest BCUT2D eigenvalue weighted by molar-refractivity contribution is 7.27. The van der Waals surface area contributed by atoms with Crippen LogP contribution in [0.15, 0.2) is 97.1 Å². The Hall–Kier alpha value is -4.32. The lowest BCUT2D eigenvalue weighted by Gasteiger charge is -2.20. The molecule has 37 heavy (non-hydrogen) atoms. The quantitative estimate of drug-likeness (QED) is 0.221. The molecule has 172 valence electrons. The number of nitrogens with zero attached hydrogens (tertiary/aromatic N) is 2. The number of thiophene rings is 2. The summed E-state index contributed by atoms with van der Waals surface area (Å²) in [6.45, 7) is 0. The van der Waals surface area contributed by atoms with Crippen molar-refractivity contribution in [1.82, 2.24) is 9.97 Å². The van der Waals surface area contributed by atoms with E-state index in [1.165, 1.54) is 40.3 Å². The average Bonchev–Trinajstić information content (AvgIpc) is 3.48. The van der Waals surface area contributed by atoms with Gasteiger partial charge < -0.3 is 4.74 Å². The summed E-state index contributed by atoms with van der Waals surface area (Å²) in [5.74, 6) is 2.38. The minimum Gasteiger partial charge on any atom is -0.456 e. The largest absolute Gasteiger partial charge is 0.456 e. The first kappa shape index (κ1) is 19.8. The van der Waals surface area contributed by atoms with Gasteiger partial charge in [0.1, 0.15) is 11.5 Å². The Kier molecular flexibility index (Phi) is 3.82. The molecular formula is C32H16N2OS2. The van der Waals surface area contributed by atoms with Crippen molar-refractivity contribution in [2.24, 2.45) is 0 Å². The molecule has 9 rings (SSSR count). The van der Waals surface area contributed by atoms with Crippen LogP contribution in [0.5, 0.6) is 11.5 Å². The maximum Gasteiger partial charge on any atom is 0.160 e. The lowest BCUT2D eigenvalue weighted by Crippen LogP contribution is -2.02. The van der Waals surface area contributed by atoms with Crippen molar-refractivity contribution >= 4 is 73.9 Å². The Bertz CT molecular complexity index is 2240. The second-order valence-corrected chi connectivity index (χ2v) is 11.6. The minimum absolute atomic E-state index is 0.737. The second-order valence-electron chi connectivity index (χ2n) is 9.40. The predicted molar refractivity (Wildman–Crippen MR) is 156 cm³/mol. The zero-order valence-corrected chi connectivity index (χ0v) is 21.0. The molecule has 0 aliphatic carbocycles. The zero-order valence-electron chi connectivity index (χ0n) is 19.4. The van der Waals surface area contributed by atoms with Gasteiger partial charge in [-0.3, -0.25) is 0 Å². The fraction of sp³-hybridized carbons (Fsp3) is 0. The van der Waals surface area contributed by atoms with Crippen molar-refractivity contribution in [1.29, 1.82) is 0 Å². The third-order valence-electron chi connectivity index (χ3n) is 7.27. The molecule has 0 atom stereocenters. The second kappa shape index (κ2) is 7.13. The summed E-state index contributed by atoms with van der Waals surface area (Å²) in [5.41, 5.74) is 3.86. The Morgan fingerprint density at radius 2 is 1.27 bits per heavy atom. The van der Waals surface area contributed by atoms with Gasteiger partial charge in [0.25, 0.3) is 0 Å². The van der Waals surface area contributed by atoms with Crippen LogP contribution in [0.4, 0.5) is 0 Å². The molecule has 0 spiro atoms. The maximum atomic E-state index is 6.17. The highest BCUT2D eigenvalue weighted by Crippen LogP contribution is 2.46. The van der Waals surface area contributed by atoms with Crippen LogP contribution in [0.2, 0.25) is 0 Å². The van der Waals surface area contributed by atoms with E-state index in [1.807, 2.05) is 59.1 Å². The summed E-state index contributed by atoms with van der Waals surface area (Å²) in [5, 5.41) is 6.20. The molecule has 5 heteroatoms. The number of ether oxygens (including phenoxy) is 1. The Labute approximate surface area is 219 Å². The van der Waals surface area contributed by atoms with Crippen LogP contribution in [-0.4, -0.2) is 9.97 Å². The monoisotopic (exact) mass is 508 g/mol. The normalized spacial score (nSPS) is 12.5. The third-order valence-corrected chi connectivity index (χ3v) is 9.54. The van der Waals surface area contributed by atoms with Crippen LogP contribution < -0.4 is 4.74 Å². The predicted octanol–water partition coefficient (Wildman–Crippen LogP) is 9.81. The number of aromatic nitrogens is 2. The molecule has 5 aromatic carbocycles. The molecule has 3 aromatic heterocycles. The van der Waals surface area contributed by atoms with Gasteiger partial charge in [-0.25, -0.2) is 9.97 Å². The van der Waals surface area contributed by atoms with E-state index in [2.05, 4.69) is 60.7 Å². The number of hydrogen-bond donors (Lipinski definition) is 0. The van der Waals surface area contributed by atoms with Gasteiger partial charge in [0.15, 0.2) is 5.82 Å². The summed E-state index contributed by atoms with van der Waals surface area (Å²) < 4.78 is 11.4. The van der Waals surface area contributed by atoms with Gasteiger partial charge in [0.05, 0.1) is 16.6 Å². The highest BCUT2D eigenvalue weighted by atomic mass is 32.1. The van der Waals surface area contributed by atoms with Crippen molar-refractivity contribution in [2.45, 2.75) is 0 Å². The SMILES string of the molecule is c1ccc2c(c1)Oc1cccc3nc(-c4ccc5sc6cc7c(cc6c5c4)sc4ccccc47)nc-2c13. The Morgan fingerprint density at radius 1 is 0.541 bits per heavy atom. The molecule has 0 amide bonds. The van der Waals surface area contributed by atoms with Crippen molar-refractivity contribution in [3.8, 4) is 34.1 Å². The Balaban J connectivity index is 1.29. The molecule has 1 aliphatic rings. The summed E-state index contributed by atoms with van der Waals surface area (Å²) in [6.07, 6.45) is 0. The third kappa shape index (κ3) is 2.75. The molecule has 0 saturated carbocycles. The fourth-order valence-corrected chi connectivity index (χ4v) is 7.80. The zero-order chi connectivity index (χ0) is 24.1. The summed E-state index contributed by atoms with van der Waals surface area (Å²) in [7, 11) is 0. The molecule has 0 fully saturated rings. The highest BCUT2D eigenvalue weighted by Gasteiger charge is 2.23. The molecule has 3 nitrogen and oxygen atoms in total. The van der Waals surface area contributed by atoms with Gasteiger partial charge >= 0.3 is 0 Å². The maximum absolute atomic E-state index is 6.17. The molecular weight excluding hydrogens is 492 g/mol. The van der Waals surface area contributed by atoms with Gasteiger partial charge in [-0.05, 0) is 60.7 Å². The number of rotatable bonds is 1. The molecule has 0 radical (unpaired) electrons. The van der Waals surface area contributed by atoms with E-state index in [-0.39, 0.29) is 0 Å². The van der Waals surface area contributed by atoms with E-state index in [0.717, 1.165) is 45.0 Å². The van der Waals surface area contributed by atoms with E-state index in [9.17, 15) is 0 Å². The molecule has 0 N–H and O–H groups in total. The summed E-state index contributed by atoms with van der Waals surface area (Å²) in [6, 6.07) is 34.2. The van der Waals surface area contributed by atoms with E-state index in [0.29, 0.717) is 0 Å². The molecule has 4 heterocycles. The molecule has 0 bridgehead atoms. The van der Waals surface area contributed by atoms with E-state index in [1.54, 1.807) is 0 Å². The van der Waals surface area contributed by atoms with Gasteiger partial charge in [-0.2, -0.15) is 0 Å². The number of para-hydroxylation sites is 1. The van der Waals surface area contributed by atoms with Crippen molar-refractivity contribution in [3.63, 3.8) is 0 Å². The smallest absolute Gasteiger partial charge is 0.160 e. The van der Waals surface area contributed by atoms with E-state index >= 15 is 0 Å². The minimum atomic E-state index is 0.737. The van der Waals surface area contributed by atoms with Gasteiger partial charge in [0.2, 0.25) is 0 Å². The number of benzene rings is 5. The van der Waals surface area contributed by atoms with Gasteiger partial charge in [-0.15, -0.1) is 22.7 Å². The van der Waals surface area contributed by atoms with Crippen LogP contribution in [0.3, 0.4) is 0 Å². The lowest BCUT2D eigenvalue weighted by atomic mass is 10.0. The van der Waals surface area contributed by atoms with Crippen LogP contribution in [0.25, 0.3) is 73.9 Å². The topological polar surface area (TPSA) is 35.0 Å². The van der Waals surface area contributed by atoms with Crippen LogP contribution in [-0.2, 0) is 0 Å². The lowest BCUT2D eigenvalue weighted by molar-refractivity contribution is 0.486. The van der Waals surface area contributed by atoms with Gasteiger partial charge in [-0.1, -0.05) is 36.4 Å². The van der Waals surface area contributed by atoms with Crippen LogP contribution in [0, 0.1) is 0 Å². The summed E-state index contributed by atoms with van der Waals surface area (Å²) >= 11 is 3.72. The van der Waals surface area contributed by atoms with Crippen LogP contribution >= 0.6 is 22.7 Å². The van der Waals surface area contributed by atoms with E-state index < -0.39 is 0 Å². The van der Waals surface area contributed by atoms with Crippen molar-refractivity contribution in [2.75, 3.05) is 0 Å². The standard InChI is InChI=1S/C32H16N2OS2/c1-3-9-24-19(7-1)31-30-23(8-5-10-25(30)35-24)33-32(34-31)17-12-13-27-20(14-17)22-16-28-21(15-29(22)37-27)18-6-2-4-11-26(18)36-28/h1-16H. The molecule has 0 unspecified atom stereocenters. The first-order chi connectivity index (χ1) is 18.3. The number of fused-ring (bicyclic) bond motifs is 8. The average molecular weight is 509 g/mol. The first-order valence-corrected chi connectivity index (χ1v) is 13.8. The molecule has 0 saturated heterocycles. The van der Waals surface area contributed by atoms with Crippen molar-refractivity contribution in [3.05, 3.63) is 97.1 Å². The summed E-state index contributed by atoms with van der Waals surface area (Å²) in [4.78, 5) is 10.1. The van der Waals surface area contributed by atoms with Gasteiger partial charge in [0, 0.05) is 51.5 Å². The van der Waals surface area contributed by atoms with E-state index in [4.69, 9.17) is 14.7 Å².